The van der Waals surface area contributed by atoms with Crippen molar-refractivity contribution < 1.29 is 37.3 Å². The first kappa shape index (κ1) is 58.7. The zero-order valence-electron chi connectivity index (χ0n) is 39.8. The van der Waals surface area contributed by atoms with Gasteiger partial charge in [-0.3, -0.25) is 9.36 Å². The van der Waals surface area contributed by atoms with Crippen LogP contribution >= 0.6 is 7.82 Å². The summed E-state index contributed by atoms with van der Waals surface area (Å²) in [6.45, 7) is 5.23. The van der Waals surface area contributed by atoms with Crippen LogP contribution in [0, 0.1) is 0 Å². The van der Waals surface area contributed by atoms with Crippen LogP contribution in [-0.2, 0) is 27.9 Å². The molecule has 0 fully saturated rings. The van der Waals surface area contributed by atoms with Crippen molar-refractivity contribution in [3.05, 3.63) is 85.1 Å². The van der Waals surface area contributed by atoms with E-state index in [2.05, 4.69) is 98.9 Å². The topological polar surface area (TPSA) is 94.1 Å². The number of carbonyl (C=O) groups excluding carboxylic acids is 1. The summed E-state index contributed by atoms with van der Waals surface area (Å²) in [6.07, 6.45) is 58.8. The van der Waals surface area contributed by atoms with Crippen LogP contribution < -0.4 is 4.89 Å². The second kappa shape index (κ2) is 44.3. The smallest absolute Gasteiger partial charge is 0.306 e. The molecular formula is C52H92NO7P. The molecule has 0 saturated carbocycles. The number of phosphoric ester groups is 1. The number of ether oxygens (including phenoxy) is 2. The van der Waals surface area contributed by atoms with Gasteiger partial charge < -0.3 is 27.9 Å². The molecule has 0 aromatic heterocycles. The van der Waals surface area contributed by atoms with Crippen LogP contribution in [0.25, 0.3) is 0 Å². The fraction of sp³-hybridized carbons (Fsp3) is 0.712. The molecule has 0 aromatic rings. The fourth-order valence-corrected chi connectivity index (χ4v) is 6.92. The molecule has 0 aromatic carbocycles. The van der Waals surface area contributed by atoms with Gasteiger partial charge in [0.2, 0.25) is 0 Å². The van der Waals surface area contributed by atoms with Crippen molar-refractivity contribution in [2.24, 2.45) is 0 Å². The molecule has 9 heteroatoms. The molecule has 0 rings (SSSR count). The number of hydrogen-bond acceptors (Lipinski definition) is 7. The zero-order valence-corrected chi connectivity index (χ0v) is 40.7. The van der Waals surface area contributed by atoms with E-state index in [4.69, 9.17) is 18.5 Å². The molecule has 0 aliphatic rings. The molecule has 2 atom stereocenters. The van der Waals surface area contributed by atoms with Crippen LogP contribution in [0.1, 0.15) is 181 Å². The van der Waals surface area contributed by atoms with Gasteiger partial charge >= 0.3 is 5.97 Å². The van der Waals surface area contributed by atoms with Gasteiger partial charge in [0, 0.05) is 13.0 Å². The lowest BCUT2D eigenvalue weighted by atomic mass is 10.1. The van der Waals surface area contributed by atoms with Crippen LogP contribution in [0.15, 0.2) is 85.1 Å². The van der Waals surface area contributed by atoms with Crippen molar-refractivity contribution >= 4 is 13.8 Å². The summed E-state index contributed by atoms with van der Waals surface area (Å²) in [5.41, 5.74) is 0. The number of carbonyl (C=O) groups is 1. The standard InChI is InChI=1S/C52H92NO7P/c1-6-8-10-12-14-16-18-20-22-24-25-26-27-28-29-30-31-33-35-37-39-41-43-45-52(54)60-51(50-59-61(55,56)58-48-46-53(3,4)5)49-57-47-44-42-40-38-36-34-32-23-21-19-17-15-13-11-9-7-2/h8,10,14,16,20-23,25-26,28-29,31,33,51H,6-7,9,11-13,15,17-19,24,27,30,32,34-50H2,1-5H3/b10-8-,16-14-,22-20-,23-21-,26-25-,29-28-,33-31-. The summed E-state index contributed by atoms with van der Waals surface area (Å²) in [5, 5.41) is 0. The molecule has 0 amide bonds. The quantitative estimate of drug-likeness (QED) is 0.0198. The van der Waals surface area contributed by atoms with Crippen LogP contribution in [0.3, 0.4) is 0 Å². The van der Waals surface area contributed by atoms with E-state index >= 15 is 0 Å². The number of likely N-dealkylation sites (N-methyl/N-ethyl adjacent to an activating group) is 1. The van der Waals surface area contributed by atoms with E-state index in [1.54, 1.807) is 0 Å². The van der Waals surface area contributed by atoms with Crippen molar-refractivity contribution in [3.8, 4) is 0 Å². The second-order valence-corrected chi connectivity index (χ2v) is 18.5. The van der Waals surface area contributed by atoms with Crippen molar-refractivity contribution in [2.75, 3.05) is 54.1 Å². The Balaban J connectivity index is 4.27. The third kappa shape index (κ3) is 48.6. The van der Waals surface area contributed by atoms with Crippen molar-refractivity contribution in [2.45, 2.75) is 187 Å². The maximum atomic E-state index is 12.7. The molecule has 2 unspecified atom stereocenters. The molecule has 0 radical (unpaired) electrons. The Morgan fingerprint density at radius 3 is 1.44 bits per heavy atom. The Morgan fingerprint density at radius 1 is 0.525 bits per heavy atom. The molecule has 0 spiro atoms. The number of hydrogen-bond donors (Lipinski definition) is 0. The highest BCUT2D eigenvalue weighted by Gasteiger charge is 2.20. The Morgan fingerprint density at radius 2 is 0.951 bits per heavy atom. The molecule has 0 heterocycles. The van der Waals surface area contributed by atoms with Gasteiger partial charge in [0.25, 0.3) is 7.82 Å². The number of quaternary nitrogens is 1. The van der Waals surface area contributed by atoms with E-state index in [0.29, 0.717) is 17.6 Å². The van der Waals surface area contributed by atoms with Gasteiger partial charge in [0.1, 0.15) is 19.3 Å². The van der Waals surface area contributed by atoms with Crippen LogP contribution in [0.2, 0.25) is 0 Å². The Bertz CT molecular complexity index is 1250. The van der Waals surface area contributed by atoms with Crippen LogP contribution in [0.5, 0.6) is 0 Å². The Hall–Kier alpha value is -2.32. The molecule has 0 bridgehead atoms. The van der Waals surface area contributed by atoms with Crippen LogP contribution in [-0.4, -0.2) is 70.7 Å². The zero-order chi connectivity index (χ0) is 44.8. The molecule has 0 aliphatic heterocycles. The summed E-state index contributed by atoms with van der Waals surface area (Å²) in [4.78, 5) is 25.1. The van der Waals surface area contributed by atoms with Gasteiger partial charge in [-0.25, -0.2) is 0 Å². The summed E-state index contributed by atoms with van der Waals surface area (Å²) in [7, 11) is 1.32. The summed E-state index contributed by atoms with van der Waals surface area (Å²) < 4.78 is 34.6. The molecule has 8 nitrogen and oxygen atoms in total. The minimum absolute atomic E-state index is 0.0152. The lowest BCUT2D eigenvalue weighted by Gasteiger charge is -2.28. The van der Waals surface area contributed by atoms with Gasteiger partial charge in [0.05, 0.1) is 34.4 Å². The lowest BCUT2D eigenvalue weighted by Crippen LogP contribution is -2.37. The van der Waals surface area contributed by atoms with Gasteiger partial charge in [-0.2, -0.15) is 0 Å². The molecule has 0 aliphatic carbocycles. The van der Waals surface area contributed by atoms with E-state index in [-0.39, 0.29) is 32.2 Å². The molecule has 0 saturated heterocycles. The number of rotatable bonds is 44. The minimum Gasteiger partial charge on any atom is -0.756 e. The summed E-state index contributed by atoms with van der Waals surface area (Å²) in [5.74, 6) is -0.363. The first-order valence-corrected chi connectivity index (χ1v) is 25.8. The van der Waals surface area contributed by atoms with Gasteiger partial charge in [-0.1, -0.05) is 170 Å². The van der Waals surface area contributed by atoms with E-state index < -0.39 is 13.9 Å². The third-order valence-corrected chi connectivity index (χ3v) is 10.9. The fourth-order valence-electron chi connectivity index (χ4n) is 6.19. The molecule has 352 valence electrons. The summed E-state index contributed by atoms with van der Waals surface area (Å²) >= 11 is 0. The van der Waals surface area contributed by atoms with E-state index in [1.807, 2.05) is 21.1 Å². The highest BCUT2D eigenvalue weighted by molar-refractivity contribution is 7.45. The predicted octanol–water partition coefficient (Wildman–Crippen LogP) is 14.2. The largest absolute Gasteiger partial charge is 0.756 e. The minimum atomic E-state index is -4.54. The second-order valence-electron chi connectivity index (χ2n) is 17.1. The van der Waals surface area contributed by atoms with Crippen molar-refractivity contribution in [3.63, 3.8) is 0 Å². The van der Waals surface area contributed by atoms with Crippen molar-refractivity contribution in [1.29, 1.82) is 0 Å². The first-order valence-electron chi connectivity index (χ1n) is 24.3. The number of esters is 1. The Labute approximate surface area is 375 Å². The molecule has 0 N–H and O–H groups in total. The van der Waals surface area contributed by atoms with E-state index in [9.17, 15) is 14.3 Å². The van der Waals surface area contributed by atoms with E-state index in [0.717, 1.165) is 89.9 Å². The molecular weight excluding hydrogens is 782 g/mol. The first-order chi connectivity index (χ1) is 29.6. The maximum absolute atomic E-state index is 12.7. The van der Waals surface area contributed by atoms with E-state index in [1.165, 1.54) is 70.6 Å². The normalized spacial score (nSPS) is 14.4. The average molecular weight is 874 g/mol. The third-order valence-electron chi connectivity index (χ3n) is 9.93. The molecule has 61 heavy (non-hydrogen) atoms. The van der Waals surface area contributed by atoms with Gasteiger partial charge in [-0.05, 0) is 89.9 Å². The maximum Gasteiger partial charge on any atom is 0.306 e. The summed E-state index contributed by atoms with van der Waals surface area (Å²) in [6, 6.07) is 0. The number of nitrogens with zero attached hydrogens (tertiary/aromatic N) is 1. The van der Waals surface area contributed by atoms with Crippen molar-refractivity contribution in [1.82, 2.24) is 0 Å². The monoisotopic (exact) mass is 874 g/mol. The number of phosphoric acid groups is 1. The lowest BCUT2D eigenvalue weighted by molar-refractivity contribution is -0.870. The highest BCUT2D eigenvalue weighted by atomic mass is 31.2. The van der Waals surface area contributed by atoms with Gasteiger partial charge in [-0.15, -0.1) is 0 Å². The number of unbranched alkanes of at least 4 members (excludes halogenated alkanes) is 16. The Kier molecular flexibility index (Phi) is 42.6. The highest BCUT2D eigenvalue weighted by Crippen LogP contribution is 2.38. The SMILES string of the molecule is CC/C=C\C/C=C\C/C=C\C/C=C\C/C=C\C/C=C\CCCCCCC(=O)OC(COCCCCCCCC/C=C\CCCCCCCC)COP(=O)([O-])OCC[N+](C)(C)C. The van der Waals surface area contributed by atoms with Gasteiger partial charge in [0.15, 0.2) is 0 Å². The predicted molar refractivity (Wildman–Crippen MR) is 258 cm³/mol. The number of allylic oxidation sites excluding steroid dienone is 14. The average Bonchev–Trinajstić information content (AvgIpc) is 3.22. The van der Waals surface area contributed by atoms with Crippen LogP contribution in [0.4, 0.5) is 0 Å².